The van der Waals surface area contributed by atoms with E-state index in [1.807, 2.05) is 20.8 Å². The zero-order valence-electron chi connectivity index (χ0n) is 32.6. The Bertz CT molecular complexity index is 727. The molecule has 0 aliphatic carbocycles. The minimum absolute atomic E-state index is 0.0177. The number of nitrogens with one attached hydrogen (secondary N) is 1. The van der Waals surface area contributed by atoms with E-state index in [4.69, 9.17) is 9.47 Å². The van der Waals surface area contributed by atoms with Gasteiger partial charge in [-0.25, -0.2) is 4.79 Å². The normalized spacial score (nSPS) is 11.7. The molecule has 0 aromatic rings. The van der Waals surface area contributed by atoms with Gasteiger partial charge in [0.05, 0.1) is 6.61 Å². The lowest BCUT2D eigenvalue weighted by molar-refractivity contribution is -0.144. The third-order valence-electron chi connectivity index (χ3n) is 9.17. The number of aldehydes is 1. The molecule has 7 nitrogen and oxygen atoms in total. The summed E-state index contributed by atoms with van der Waals surface area (Å²) in [6.07, 6.45) is 30.8. The van der Waals surface area contributed by atoms with E-state index in [1.165, 1.54) is 103 Å². The molecule has 0 aliphatic rings. The first kappa shape index (κ1) is 46.4. The Morgan fingerprint density at radius 1 is 0.646 bits per heavy atom. The van der Waals surface area contributed by atoms with E-state index in [2.05, 4.69) is 24.1 Å². The number of hydrogen-bond donors (Lipinski definition) is 1. The fourth-order valence-corrected chi connectivity index (χ4v) is 6.31. The SMILES string of the molecule is CCCCCCC(CCCCCC)CCCOC(=O)CCCCCCCN(CCCCCCCC=O)CCCCNC(=O)OC(C)(C)C. The second-order valence-corrected chi connectivity index (χ2v) is 15.1. The molecule has 0 aliphatic heterocycles. The van der Waals surface area contributed by atoms with Crippen molar-refractivity contribution >= 4 is 18.3 Å². The summed E-state index contributed by atoms with van der Waals surface area (Å²) in [7, 11) is 0. The van der Waals surface area contributed by atoms with Crippen molar-refractivity contribution in [3.05, 3.63) is 0 Å². The zero-order chi connectivity index (χ0) is 35.6. The van der Waals surface area contributed by atoms with Crippen molar-refractivity contribution in [1.82, 2.24) is 10.2 Å². The van der Waals surface area contributed by atoms with Crippen LogP contribution in [0.5, 0.6) is 0 Å². The second kappa shape index (κ2) is 33.8. The number of alkyl carbamates (subject to hydrolysis) is 1. The summed E-state index contributed by atoms with van der Waals surface area (Å²) in [5.74, 6) is 0.782. The molecule has 48 heavy (non-hydrogen) atoms. The van der Waals surface area contributed by atoms with Crippen molar-refractivity contribution < 1.29 is 23.9 Å². The van der Waals surface area contributed by atoms with Gasteiger partial charge in [0.2, 0.25) is 0 Å². The minimum atomic E-state index is -0.471. The molecule has 0 saturated heterocycles. The number of carbonyl (C=O) groups excluding carboxylic acids is 3. The van der Waals surface area contributed by atoms with Gasteiger partial charge in [0.25, 0.3) is 0 Å². The summed E-state index contributed by atoms with van der Waals surface area (Å²) in [5, 5.41) is 2.87. The molecule has 0 atom stereocenters. The third-order valence-corrected chi connectivity index (χ3v) is 9.17. The lowest BCUT2D eigenvalue weighted by Gasteiger charge is -2.23. The molecule has 1 N–H and O–H groups in total. The maximum absolute atomic E-state index is 12.3. The minimum Gasteiger partial charge on any atom is -0.466 e. The molecular formula is C41H80N2O5. The highest BCUT2D eigenvalue weighted by Gasteiger charge is 2.15. The van der Waals surface area contributed by atoms with Crippen molar-refractivity contribution in [3.63, 3.8) is 0 Å². The summed E-state index contributed by atoms with van der Waals surface area (Å²) < 4.78 is 10.9. The van der Waals surface area contributed by atoms with E-state index in [0.717, 1.165) is 83.2 Å². The number of carbonyl (C=O) groups is 3. The molecule has 284 valence electrons. The number of nitrogens with zero attached hydrogens (tertiary/aromatic N) is 1. The highest BCUT2D eigenvalue weighted by atomic mass is 16.6. The first-order chi connectivity index (χ1) is 23.2. The van der Waals surface area contributed by atoms with Gasteiger partial charge in [-0.3, -0.25) is 4.79 Å². The van der Waals surface area contributed by atoms with Gasteiger partial charge in [-0.05, 0) is 97.7 Å². The molecule has 0 spiro atoms. The van der Waals surface area contributed by atoms with Crippen LogP contribution in [0.1, 0.15) is 202 Å². The maximum Gasteiger partial charge on any atom is 0.407 e. The molecule has 0 radical (unpaired) electrons. The summed E-state index contributed by atoms with van der Waals surface area (Å²) in [5.41, 5.74) is -0.471. The number of ether oxygens (including phenoxy) is 2. The van der Waals surface area contributed by atoms with Gasteiger partial charge in [-0.1, -0.05) is 117 Å². The fraction of sp³-hybridized carbons (Fsp3) is 0.927. The van der Waals surface area contributed by atoms with Crippen molar-refractivity contribution in [2.24, 2.45) is 5.92 Å². The Morgan fingerprint density at radius 3 is 1.71 bits per heavy atom. The van der Waals surface area contributed by atoms with E-state index < -0.39 is 5.60 Å². The van der Waals surface area contributed by atoms with Crippen molar-refractivity contribution in [2.75, 3.05) is 32.8 Å². The zero-order valence-corrected chi connectivity index (χ0v) is 32.6. The van der Waals surface area contributed by atoms with Crippen LogP contribution in [0.4, 0.5) is 4.79 Å². The highest BCUT2D eigenvalue weighted by Crippen LogP contribution is 2.23. The van der Waals surface area contributed by atoms with Crippen molar-refractivity contribution in [1.29, 1.82) is 0 Å². The van der Waals surface area contributed by atoms with Gasteiger partial charge >= 0.3 is 12.1 Å². The quantitative estimate of drug-likeness (QED) is 0.0407. The van der Waals surface area contributed by atoms with Gasteiger partial charge in [-0.15, -0.1) is 0 Å². The number of amides is 1. The Balaban J connectivity index is 4.18. The predicted molar refractivity (Wildman–Crippen MR) is 203 cm³/mol. The van der Waals surface area contributed by atoms with Crippen LogP contribution in [0.2, 0.25) is 0 Å². The molecule has 0 bridgehead atoms. The van der Waals surface area contributed by atoms with Gasteiger partial charge in [-0.2, -0.15) is 0 Å². The van der Waals surface area contributed by atoms with E-state index in [0.29, 0.717) is 26.0 Å². The van der Waals surface area contributed by atoms with E-state index in [1.54, 1.807) is 0 Å². The Labute approximate surface area is 297 Å². The number of rotatable bonds is 35. The first-order valence-electron chi connectivity index (χ1n) is 20.5. The fourth-order valence-electron chi connectivity index (χ4n) is 6.31. The summed E-state index contributed by atoms with van der Waals surface area (Å²) in [6, 6.07) is 0. The summed E-state index contributed by atoms with van der Waals surface area (Å²) >= 11 is 0. The van der Waals surface area contributed by atoms with Crippen LogP contribution in [-0.2, 0) is 19.1 Å². The number of unbranched alkanes of at least 4 members (excludes halogenated alkanes) is 16. The Morgan fingerprint density at radius 2 is 1.15 bits per heavy atom. The number of hydrogen-bond acceptors (Lipinski definition) is 6. The van der Waals surface area contributed by atoms with Crippen LogP contribution in [0.3, 0.4) is 0 Å². The maximum atomic E-state index is 12.3. The van der Waals surface area contributed by atoms with Crippen molar-refractivity contribution in [3.8, 4) is 0 Å². The second-order valence-electron chi connectivity index (χ2n) is 15.1. The molecule has 0 saturated carbocycles. The number of esters is 1. The average Bonchev–Trinajstić information content (AvgIpc) is 3.04. The van der Waals surface area contributed by atoms with E-state index in [9.17, 15) is 14.4 Å². The molecule has 0 fully saturated rings. The summed E-state index contributed by atoms with van der Waals surface area (Å²) in [4.78, 5) is 37.3. The molecule has 0 aromatic carbocycles. The van der Waals surface area contributed by atoms with Gasteiger partial charge in [0.1, 0.15) is 11.9 Å². The van der Waals surface area contributed by atoms with Gasteiger partial charge in [0.15, 0.2) is 0 Å². The summed E-state index contributed by atoms with van der Waals surface area (Å²) in [6.45, 7) is 14.7. The van der Waals surface area contributed by atoms with Crippen LogP contribution in [-0.4, -0.2) is 61.6 Å². The lowest BCUT2D eigenvalue weighted by Crippen LogP contribution is -2.33. The highest BCUT2D eigenvalue weighted by molar-refractivity contribution is 5.69. The Hall–Kier alpha value is -1.63. The van der Waals surface area contributed by atoms with Crippen molar-refractivity contribution in [2.45, 2.75) is 207 Å². The molecule has 0 heterocycles. The Kier molecular flexibility index (Phi) is 32.7. The van der Waals surface area contributed by atoms with E-state index >= 15 is 0 Å². The molecular weight excluding hydrogens is 600 g/mol. The van der Waals surface area contributed by atoms with Gasteiger partial charge < -0.3 is 24.5 Å². The molecule has 0 aromatic heterocycles. The molecule has 0 unspecified atom stereocenters. The smallest absolute Gasteiger partial charge is 0.407 e. The monoisotopic (exact) mass is 681 g/mol. The topological polar surface area (TPSA) is 84.9 Å². The van der Waals surface area contributed by atoms with E-state index in [-0.39, 0.29) is 12.1 Å². The molecule has 0 rings (SSSR count). The van der Waals surface area contributed by atoms with Gasteiger partial charge in [0, 0.05) is 19.4 Å². The average molecular weight is 681 g/mol. The predicted octanol–water partition coefficient (Wildman–Crippen LogP) is 11.4. The third kappa shape index (κ3) is 34.2. The largest absolute Gasteiger partial charge is 0.466 e. The molecule has 1 amide bonds. The van der Waals surface area contributed by atoms with Crippen LogP contribution >= 0.6 is 0 Å². The first-order valence-corrected chi connectivity index (χ1v) is 20.5. The standard InChI is InChI=1S/C41H80N2O5/c1-6-8-10-19-28-38(29-20-11-9-7-2)30-27-37-47-39(45)31-21-15-14-17-24-34-43(33-23-16-12-13-18-26-36-44)35-25-22-32-42-40(46)48-41(3,4)5/h36,38H,6-35,37H2,1-5H3,(H,42,46). The molecule has 7 heteroatoms. The van der Waals surface area contributed by atoms with Crippen LogP contribution in [0.15, 0.2) is 0 Å². The lowest BCUT2D eigenvalue weighted by atomic mass is 9.91. The van der Waals surface area contributed by atoms with Crippen LogP contribution in [0, 0.1) is 5.92 Å². The van der Waals surface area contributed by atoms with Crippen LogP contribution in [0.25, 0.3) is 0 Å². The van der Waals surface area contributed by atoms with Crippen LogP contribution < -0.4 is 5.32 Å².